The third-order valence-corrected chi connectivity index (χ3v) is 13.7. The van der Waals surface area contributed by atoms with Crippen LogP contribution in [0.3, 0.4) is 0 Å². The molecule has 0 aliphatic carbocycles. The van der Waals surface area contributed by atoms with Crippen molar-refractivity contribution in [2.45, 2.75) is 39.2 Å². The van der Waals surface area contributed by atoms with E-state index in [0.29, 0.717) is 0 Å². The van der Waals surface area contributed by atoms with Gasteiger partial charge in [-0.1, -0.05) is 74.7 Å². The summed E-state index contributed by atoms with van der Waals surface area (Å²) in [6, 6.07) is 1.30. The Bertz CT molecular complexity index is 227. The maximum atomic E-state index is 5.49. The Morgan fingerprint density at radius 1 is 1.21 bits per heavy atom. The lowest BCUT2D eigenvalue weighted by Gasteiger charge is -2.20. The second-order valence-corrected chi connectivity index (χ2v) is 19.9. The lowest BCUT2D eigenvalue weighted by atomic mass is 10.2. The lowest BCUT2D eigenvalue weighted by Crippen LogP contribution is -2.28. The largest absolute Gasteiger partial charge is 0.420 e. The van der Waals surface area contributed by atoms with E-state index in [1.165, 1.54) is 18.6 Å². The summed E-state index contributed by atoms with van der Waals surface area (Å²) in [6.07, 6.45) is 5.84. The molecule has 0 spiro atoms. The predicted octanol–water partition coefficient (Wildman–Crippen LogP) is 6.40. The van der Waals surface area contributed by atoms with E-state index in [-0.39, 0.29) is 10.9 Å². The number of hydrogen-bond donors (Lipinski definition) is 0. The summed E-state index contributed by atoms with van der Waals surface area (Å²) in [7, 11) is 0.589. The first-order valence-corrected chi connectivity index (χ1v) is 18.3. The van der Waals surface area contributed by atoms with E-state index in [1.54, 1.807) is 0 Å². The highest BCUT2D eigenvalue weighted by Crippen LogP contribution is 2.43. The van der Waals surface area contributed by atoms with E-state index in [4.69, 9.17) is 4.43 Å². The van der Waals surface area contributed by atoms with Gasteiger partial charge in [-0.25, -0.2) is 0 Å². The van der Waals surface area contributed by atoms with Crippen LogP contribution in [0.25, 0.3) is 0 Å². The molecular formula is C11H26B2I2OP2Si. The van der Waals surface area contributed by atoms with E-state index in [9.17, 15) is 0 Å². The van der Waals surface area contributed by atoms with Crippen molar-refractivity contribution in [3.05, 3.63) is 12.7 Å². The van der Waals surface area contributed by atoms with Crippen LogP contribution in [0.4, 0.5) is 0 Å². The van der Waals surface area contributed by atoms with Crippen LogP contribution in [-0.2, 0) is 4.43 Å². The molecule has 0 heterocycles. The van der Waals surface area contributed by atoms with Crippen LogP contribution < -0.4 is 0 Å². The van der Waals surface area contributed by atoms with Crippen LogP contribution in [-0.4, -0.2) is 41.7 Å². The summed E-state index contributed by atoms with van der Waals surface area (Å²) in [4.78, 5) is 0. The zero-order chi connectivity index (χ0) is 15.3. The van der Waals surface area contributed by atoms with Crippen molar-refractivity contribution in [2.75, 3.05) is 19.4 Å². The van der Waals surface area contributed by atoms with Crippen LogP contribution in [0.15, 0.2) is 12.7 Å². The number of rotatable bonds is 9. The van der Waals surface area contributed by atoms with Crippen LogP contribution >= 0.6 is 55.0 Å². The molecule has 110 valence electrons. The van der Waals surface area contributed by atoms with Crippen LogP contribution in [0.1, 0.15) is 6.42 Å². The molecule has 0 N–H and O–H groups in total. The molecule has 0 aliphatic rings. The van der Waals surface area contributed by atoms with Crippen molar-refractivity contribution in [1.29, 1.82) is 0 Å². The predicted molar refractivity (Wildman–Crippen MR) is 119 cm³/mol. The molecule has 0 rings (SSSR count). The Hall–Kier alpha value is 2.37. The summed E-state index contributed by atoms with van der Waals surface area (Å²) >= 11 is 5.00. The van der Waals surface area contributed by atoms with Gasteiger partial charge in [-0.15, -0.1) is 6.58 Å². The fourth-order valence-electron chi connectivity index (χ4n) is 1.12. The maximum Gasteiger partial charge on any atom is 0.186 e. The first-order valence-electron chi connectivity index (χ1n) is 6.42. The molecule has 1 nitrogen and oxygen atoms in total. The van der Waals surface area contributed by atoms with E-state index in [2.05, 4.69) is 91.4 Å². The standard InChI is InChI=1S/C7H18BIOPSi.C4H8BIP/c1-8-11(9)6-5-7-12(3,4)10-2;1-3-4-7(6)5-2/h5-7H2,1-4H3;3H,1,4H2,2H3. The summed E-state index contributed by atoms with van der Waals surface area (Å²) in [6.45, 7) is 17.0. The second kappa shape index (κ2) is 15.3. The van der Waals surface area contributed by atoms with Crippen molar-refractivity contribution < 1.29 is 4.43 Å². The first-order chi connectivity index (χ1) is 8.82. The summed E-state index contributed by atoms with van der Waals surface area (Å²) in [5, 5.41) is 0. The van der Waals surface area contributed by atoms with Gasteiger partial charge in [-0.3, -0.25) is 0 Å². The molecule has 2 atom stereocenters. The minimum absolute atomic E-state index is 0.148. The minimum atomic E-state index is -1.26. The summed E-state index contributed by atoms with van der Waals surface area (Å²) in [5.41, 5.74) is 0.324. The van der Waals surface area contributed by atoms with Crippen molar-refractivity contribution in [3.8, 4) is 0 Å². The Morgan fingerprint density at radius 3 is 2.05 bits per heavy atom. The molecule has 8 heteroatoms. The van der Waals surface area contributed by atoms with Gasteiger partial charge < -0.3 is 4.43 Å². The molecular weight excluding hydrogens is 514 g/mol. The minimum Gasteiger partial charge on any atom is -0.420 e. The van der Waals surface area contributed by atoms with Crippen molar-refractivity contribution in [1.82, 2.24) is 0 Å². The zero-order valence-corrected chi connectivity index (χ0v) is 19.9. The number of halogens is 2. The average Bonchev–Trinajstić information content (AvgIpc) is 2.39. The monoisotopic (exact) mass is 540 g/mol. The fraction of sp³-hybridized carbons (Fsp3) is 0.818. The molecule has 0 aromatic carbocycles. The van der Waals surface area contributed by atoms with Crippen LogP contribution in [0.2, 0.25) is 32.8 Å². The van der Waals surface area contributed by atoms with Gasteiger partial charge in [0.2, 0.25) is 0 Å². The average molecular weight is 540 g/mol. The van der Waals surface area contributed by atoms with Crippen LogP contribution in [0.5, 0.6) is 0 Å². The quantitative estimate of drug-likeness (QED) is 0.143. The van der Waals surface area contributed by atoms with Crippen molar-refractivity contribution >= 4 is 77.3 Å². The molecule has 0 fully saturated rings. The molecule has 2 unspecified atom stereocenters. The maximum absolute atomic E-state index is 5.49. The Balaban J connectivity index is 0. The molecule has 0 aliphatic heterocycles. The van der Waals surface area contributed by atoms with E-state index in [1.807, 2.05) is 13.2 Å². The molecule has 0 bridgehead atoms. The van der Waals surface area contributed by atoms with E-state index in [0.717, 1.165) is 6.16 Å². The van der Waals surface area contributed by atoms with Crippen molar-refractivity contribution in [3.63, 3.8) is 0 Å². The van der Waals surface area contributed by atoms with Gasteiger partial charge in [0.1, 0.15) is 0 Å². The fourth-order valence-corrected chi connectivity index (χ4v) is 5.68. The molecule has 0 saturated heterocycles. The molecule has 19 heavy (non-hydrogen) atoms. The molecule has 0 aromatic rings. The van der Waals surface area contributed by atoms with Gasteiger partial charge in [0, 0.05) is 7.11 Å². The highest BCUT2D eigenvalue weighted by Gasteiger charge is 2.19. The van der Waals surface area contributed by atoms with Crippen molar-refractivity contribution in [2.24, 2.45) is 0 Å². The van der Waals surface area contributed by atoms with Gasteiger partial charge in [0.25, 0.3) is 0 Å². The van der Waals surface area contributed by atoms with Gasteiger partial charge in [0.15, 0.2) is 22.3 Å². The molecule has 2 radical (unpaired) electrons. The van der Waals surface area contributed by atoms with Gasteiger partial charge >= 0.3 is 0 Å². The molecule has 0 saturated carbocycles. The zero-order valence-electron chi connectivity index (χ0n) is 12.8. The normalized spacial score (nSPS) is 13.8. The number of allylic oxidation sites excluding steroid dienone is 1. The SMILES string of the molecule is C=CCP(I)[B]C.C[B]P(I)CCC[Si](C)(C)OC. The Morgan fingerprint density at radius 2 is 1.74 bits per heavy atom. The third-order valence-electron chi connectivity index (χ3n) is 2.57. The van der Waals surface area contributed by atoms with Gasteiger partial charge in [0.05, 0.1) is 0 Å². The van der Waals surface area contributed by atoms with Gasteiger partial charge in [-0.05, 0) is 37.9 Å². The second-order valence-electron chi connectivity index (χ2n) is 4.58. The number of hydrogen-bond acceptors (Lipinski definition) is 1. The summed E-state index contributed by atoms with van der Waals surface area (Å²) < 4.78 is 5.49. The smallest absolute Gasteiger partial charge is 0.186 e. The highest BCUT2D eigenvalue weighted by atomic mass is 127. The topological polar surface area (TPSA) is 9.23 Å². The van der Waals surface area contributed by atoms with E-state index < -0.39 is 8.32 Å². The van der Waals surface area contributed by atoms with Gasteiger partial charge in [-0.2, -0.15) is 0 Å². The lowest BCUT2D eigenvalue weighted by molar-refractivity contribution is 0.403. The van der Waals surface area contributed by atoms with Crippen LogP contribution in [0, 0.1) is 0 Å². The Kier molecular flexibility index (Phi) is 19.0. The molecule has 0 amide bonds. The summed E-state index contributed by atoms with van der Waals surface area (Å²) in [5.74, 6) is 0. The Labute approximate surface area is 151 Å². The highest BCUT2D eigenvalue weighted by molar-refractivity contribution is 14.2. The van der Waals surface area contributed by atoms with E-state index >= 15 is 0 Å². The molecule has 0 aromatic heterocycles. The first kappa shape index (κ1) is 23.6. The third kappa shape index (κ3) is 18.3.